The van der Waals surface area contributed by atoms with Crippen LogP contribution in [0.4, 0.5) is 0 Å². The number of nitrogens with zero attached hydrogens (tertiary/aromatic N) is 1. The topological polar surface area (TPSA) is 91.3 Å². The average Bonchev–Trinajstić information content (AvgIpc) is 2.87. The molecule has 1 aliphatic carbocycles. The Hall–Kier alpha value is -2.73. The van der Waals surface area contributed by atoms with Gasteiger partial charge in [0.15, 0.2) is 0 Å². The number of rotatable bonds is 5. The van der Waals surface area contributed by atoms with Crippen molar-refractivity contribution in [2.75, 3.05) is 6.54 Å². The summed E-state index contributed by atoms with van der Waals surface area (Å²) < 4.78 is 0. The highest BCUT2D eigenvalue weighted by molar-refractivity contribution is 5.93. The molecule has 1 aliphatic rings. The van der Waals surface area contributed by atoms with Crippen LogP contribution in [-0.2, 0) is 10.2 Å². The SMILES string of the molecule is CC(=O)N[C@H]1CC[C@](CNC(=O)c2ccc(C)nc2)(c2ccccc2)CC[C@@H]1O. The fourth-order valence-corrected chi connectivity index (χ4v) is 4.12. The summed E-state index contributed by atoms with van der Waals surface area (Å²) in [5, 5.41) is 16.5. The third-order valence-corrected chi connectivity index (χ3v) is 5.85. The van der Waals surface area contributed by atoms with E-state index in [9.17, 15) is 14.7 Å². The molecule has 6 heteroatoms. The Labute approximate surface area is 171 Å². The molecule has 6 nitrogen and oxygen atoms in total. The molecular weight excluding hydrogens is 366 g/mol. The molecule has 0 aliphatic heterocycles. The molecule has 1 aromatic carbocycles. The molecule has 0 radical (unpaired) electrons. The van der Waals surface area contributed by atoms with E-state index in [1.807, 2.05) is 31.2 Å². The van der Waals surface area contributed by atoms with Crippen LogP contribution in [0.2, 0.25) is 0 Å². The fraction of sp³-hybridized carbons (Fsp3) is 0.435. The minimum atomic E-state index is -0.596. The third-order valence-electron chi connectivity index (χ3n) is 5.85. The first kappa shape index (κ1) is 21.0. The molecule has 3 atom stereocenters. The number of aliphatic hydroxyl groups excluding tert-OH is 1. The van der Waals surface area contributed by atoms with Crippen LogP contribution >= 0.6 is 0 Å². The standard InChI is InChI=1S/C23H29N3O3/c1-16-8-9-18(14-24-16)22(29)25-15-23(19-6-4-3-5-7-19)12-10-20(26-17(2)27)21(28)11-13-23/h3-9,14,20-21,28H,10-13,15H2,1-2H3,(H,25,29)(H,26,27)/t20-,21-,23-/m0/s1. The summed E-state index contributed by atoms with van der Waals surface area (Å²) in [6.07, 6.45) is 3.68. The second-order valence-corrected chi connectivity index (χ2v) is 7.97. The lowest BCUT2D eigenvalue weighted by Gasteiger charge is -2.34. The lowest BCUT2D eigenvalue weighted by molar-refractivity contribution is -0.120. The largest absolute Gasteiger partial charge is 0.391 e. The van der Waals surface area contributed by atoms with Crippen LogP contribution in [0.5, 0.6) is 0 Å². The zero-order chi connectivity index (χ0) is 20.9. The number of benzene rings is 1. The summed E-state index contributed by atoms with van der Waals surface area (Å²) in [6.45, 7) is 3.82. The summed E-state index contributed by atoms with van der Waals surface area (Å²) in [4.78, 5) is 28.4. The maximum absolute atomic E-state index is 12.7. The van der Waals surface area contributed by atoms with Crippen molar-refractivity contribution in [1.82, 2.24) is 15.6 Å². The van der Waals surface area contributed by atoms with Crippen molar-refractivity contribution in [2.45, 2.75) is 57.1 Å². The van der Waals surface area contributed by atoms with E-state index in [4.69, 9.17) is 0 Å². The van der Waals surface area contributed by atoms with Gasteiger partial charge in [0.05, 0.1) is 17.7 Å². The van der Waals surface area contributed by atoms with E-state index in [1.54, 1.807) is 12.3 Å². The number of hydrogen-bond acceptors (Lipinski definition) is 4. The van der Waals surface area contributed by atoms with Crippen LogP contribution in [0.15, 0.2) is 48.7 Å². The maximum Gasteiger partial charge on any atom is 0.252 e. The molecule has 0 bridgehead atoms. The minimum Gasteiger partial charge on any atom is -0.391 e. The van der Waals surface area contributed by atoms with Gasteiger partial charge in [-0.3, -0.25) is 14.6 Å². The molecule has 1 saturated carbocycles. The molecule has 3 rings (SSSR count). The van der Waals surface area contributed by atoms with E-state index in [0.29, 0.717) is 24.9 Å². The Bertz CT molecular complexity index is 838. The fourth-order valence-electron chi connectivity index (χ4n) is 4.12. The number of nitrogens with one attached hydrogen (secondary N) is 2. The Balaban J connectivity index is 1.80. The first-order valence-corrected chi connectivity index (χ1v) is 10.1. The highest BCUT2D eigenvalue weighted by Gasteiger charge is 2.38. The summed E-state index contributed by atoms with van der Waals surface area (Å²) in [6, 6.07) is 13.4. The number of hydrogen-bond donors (Lipinski definition) is 3. The van der Waals surface area contributed by atoms with Gasteiger partial charge in [-0.2, -0.15) is 0 Å². The second-order valence-electron chi connectivity index (χ2n) is 7.97. The minimum absolute atomic E-state index is 0.138. The molecule has 1 aromatic heterocycles. The molecule has 1 heterocycles. The highest BCUT2D eigenvalue weighted by Crippen LogP contribution is 2.38. The Morgan fingerprint density at radius 2 is 1.86 bits per heavy atom. The van der Waals surface area contributed by atoms with Gasteiger partial charge in [0, 0.05) is 30.8 Å². The summed E-state index contributed by atoms with van der Waals surface area (Å²) in [5.41, 5.74) is 2.23. The maximum atomic E-state index is 12.7. The molecule has 1 fully saturated rings. The molecule has 29 heavy (non-hydrogen) atoms. The number of aromatic nitrogens is 1. The lowest BCUT2D eigenvalue weighted by atomic mass is 9.74. The quantitative estimate of drug-likeness (QED) is 0.679. The molecule has 2 aromatic rings. The van der Waals surface area contributed by atoms with Crippen LogP contribution in [-0.4, -0.2) is 40.6 Å². The van der Waals surface area contributed by atoms with Crippen molar-refractivity contribution in [1.29, 1.82) is 0 Å². The zero-order valence-electron chi connectivity index (χ0n) is 17.0. The Morgan fingerprint density at radius 1 is 1.14 bits per heavy atom. The van der Waals surface area contributed by atoms with E-state index in [2.05, 4.69) is 27.8 Å². The smallest absolute Gasteiger partial charge is 0.252 e. The van der Waals surface area contributed by atoms with E-state index < -0.39 is 6.10 Å². The van der Waals surface area contributed by atoms with Gasteiger partial charge in [0.1, 0.15) is 0 Å². The van der Waals surface area contributed by atoms with Crippen LogP contribution in [0.3, 0.4) is 0 Å². The van der Waals surface area contributed by atoms with Crippen LogP contribution in [0.1, 0.15) is 54.2 Å². The van der Waals surface area contributed by atoms with Gasteiger partial charge in [-0.25, -0.2) is 0 Å². The summed E-state index contributed by atoms with van der Waals surface area (Å²) in [5.74, 6) is -0.294. The third kappa shape index (κ3) is 5.21. The van der Waals surface area contributed by atoms with Gasteiger partial charge in [0.2, 0.25) is 5.91 Å². The average molecular weight is 396 g/mol. The number of aliphatic hydroxyl groups is 1. The normalized spacial score (nSPS) is 24.4. The van der Waals surface area contributed by atoms with Gasteiger partial charge < -0.3 is 15.7 Å². The monoisotopic (exact) mass is 395 g/mol. The first-order chi connectivity index (χ1) is 13.9. The van der Waals surface area contributed by atoms with Crippen molar-refractivity contribution in [2.24, 2.45) is 0 Å². The highest BCUT2D eigenvalue weighted by atomic mass is 16.3. The van der Waals surface area contributed by atoms with E-state index >= 15 is 0 Å². The van der Waals surface area contributed by atoms with Gasteiger partial charge >= 0.3 is 0 Å². The summed E-state index contributed by atoms with van der Waals surface area (Å²) >= 11 is 0. The van der Waals surface area contributed by atoms with Crippen molar-refractivity contribution in [3.8, 4) is 0 Å². The van der Waals surface area contributed by atoms with Crippen LogP contribution < -0.4 is 10.6 Å². The number of carbonyl (C=O) groups excluding carboxylic acids is 2. The second kappa shape index (κ2) is 9.18. The molecule has 0 unspecified atom stereocenters. The molecule has 3 N–H and O–H groups in total. The van der Waals surface area contributed by atoms with Gasteiger partial charge in [-0.15, -0.1) is 0 Å². The predicted octanol–water partition coefficient (Wildman–Crippen LogP) is 2.50. The van der Waals surface area contributed by atoms with Crippen molar-refractivity contribution in [3.63, 3.8) is 0 Å². The number of carbonyl (C=O) groups is 2. The van der Waals surface area contributed by atoms with E-state index in [1.165, 1.54) is 6.92 Å². The molecular formula is C23H29N3O3. The van der Waals surface area contributed by atoms with Crippen molar-refractivity contribution < 1.29 is 14.7 Å². The molecule has 0 spiro atoms. The predicted molar refractivity (Wildman–Crippen MR) is 112 cm³/mol. The molecule has 2 amide bonds. The van der Waals surface area contributed by atoms with E-state index in [0.717, 1.165) is 24.1 Å². The number of pyridine rings is 1. The van der Waals surface area contributed by atoms with Crippen molar-refractivity contribution >= 4 is 11.8 Å². The van der Waals surface area contributed by atoms with Gasteiger partial charge in [-0.05, 0) is 50.3 Å². The number of aryl methyl sites for hydroxylation is 1. The molecule has 154 valence electrons. The van der Waals surface area contributed by atoms with Crippen LogP contribution in [0, 0.1) is 6.92 Å². The van der Waals surface area contributed by atoms with Gasteiger partial charge in [0.25, 0.3) is 5.91 Å². The van der Waals surface area contributed by atoms with Gasteiger partial charge in [-0.1, -0.05) is 30.3 Å². The first-order valence-electron chi connectivity index (χ1n) is 10.1. The molecule has 0 saturated heterocycles. The Morgan fingerprint density at radius 3 is 2.52 bits per heavy atom. The Kier molecular flexibility index (Phi) is 6.64. The summed E-state index contributed by atoms with van der Waals surface area (Å²) in [7, 11) is 0. The number of amides is 2. The van der Waals surface area contributed by atoms with Crippen LogP contribution in [0.25, 0.3) is 0 Å². The van der Waals surface area contributed by atoms with Crippen molar-refractivity contribution in [3.05, 3.63) is 65.5 Å². The lowest BCUT2D eigenvalue weighted by Crippen LogP contribution is -2.42. The zero-order valence-corrected chi connectivity index (χ0v) is 17.0. The van der Waals surface area contributed by atoms with E-state index in [-0.39, 0.29) is 23.3 Å².